The van der Waals surface area contributed by atoms with Crippen molar-refractivity contribution in [1.82, 2.24) is 10.6 Å². The molecule has 0 radical (unpaired) electrons. The van der Waals surface area contributed by atoms with Crippen LogP contribution in [0.5, 0.6) is 5.75 Å². The molecule has 2 atom stereocenters. The van der Waals surface area contributed by atoms with E-state index in [1.165, 1.54) is 12.5 Å². The van der Waals surface area contributed by atoms with Crippen LogP contribution in [0.15, 0.2) is 36.4 Å². The molecule has 6 heteroatoms. The SMILES string of the molecule is CN[C@H](CNC(=O)c1cc(Cc2cccc(F)c2)c2c(c1)OCC2)C[C@H]1CCCOC1. The predicted molar refractivity (Wildman–Crippen MR) is 118 cm³/mol. The van der Waals surface area contributed by atoms with Crippen LogP contribution in [0.3, 0.4) is 0 Å². The van der Waals surface area contributed by atoms with E-state index in [4.69, 9.17) is 9.47 Å². The van der Waals surface area contributed by atoms with Crippen LogP contribution in [0.1, 0.15) is 46.3 Å². The molecule has 0 aliphatic carbocycles. The first kappa shape index (κ1) is 21.8. The fourth-order valence-electron chi connectivity index (χ4n) is 4.55. The van der Waals surface area contributed by atoms with Crippen molar-refractivity contribution in [3.8, 4) is 5.75 Å². The van der Waals surface area contributed by atoms with Gasteiger partial charge in [-0.15, -0.1) is 0 Å². The van der Waals surface area contributed by atoms with Gasteiger partial charge >= 0.3 is 0 Å². The molecule has 1 amide bonds. The van der Waals surface area contributed by atoms with Gasteiger partial charge in [0.1, 0.15) is 11.6 Å². The molecule has 0 unspecified atom stereocenters. The van der Waals surface area contributed by atoms with E-state index < -0.39 is 0 Å². The van der Waals surface area contributed by atoms with Crippen LogP contribution in [-0.4, -0.2) is 45.4 Å². The van der Waals surface area contributed by atoms with E-state index in [1.54, 1.807) is 12.1 Å². The number of nitrogens with one attached hydrogen (secondary N) is 2. The van der Waals surface area contributed by atoms with Gasteiger partial charge in [-0.05, 0) is 74.0 Å². The summed E-state index contributed by atoms with van der Waals surface area (Å²) in [4.78, 5) is 12.9. The Labute approximate surface area is 183 Å². The molecule has 0 spiro atoms. The predicted octanol–water partition coefficient (Wildman–Crippen LogP) is 3.49. The number of halogens is 1. The van der Waals surface area contributed by atoms with Gasteiger partial charge in [-0.25, -0.2) is 4.39 Å². The van der Waals surface area contributed by atoms with Crippen molar-refractivity contribution in [3.05, 3.63) is 64.5 Å². The highest BCUT2D eigenvalue weighted by Crippen LogP contribution is 2.31. The summed E-state index contributed by atoms with van der Waals surface area (Å²) < 4.78 is 25.0. The van der Waals surface area contributed by atoms with Gasteiger partial charge < -0.3 is 20.1 Å². The number of carbonyl (C=O) groups is 1. The first-order valence-corrected chi connectivity index (χ1v) is 11.2. The number of ether oxygens (including phenoxy) is 2. The van der Waals surface area contributed by atoms with Crippen LogP contribution in [0.4, 0.5) is 4.39 Å². The van der Waals surface area contributed by atoms with Crippen molar-refractivity contribution in [1.29, 1.82) is 0 Å². The molecule has 1 saturated heterocycles. The monoisotopic (exact) mass is 426 g/mol. The van der Waals surface area contributed by atoms with E-state index in [-0.39, 0.29) is 17.8 Å². The highest BCUT2D eigenvalue weighted by molar-refractivity contribution is 5.95. The van der Waals surface area contributed by atoms with Gasteiger partial charge in [0.15, 0.2) is 0 Å². The van der Waals surface area contributed by atoms with Crippen molar-refractivity contribution < 1.29 is 18.7 Å². The largest absolute Gasteiger partial charge is 0.493 e. The van der Waals surface area contributed by atoms with Gasteiger partial charge in [0, 0.05) is 43.3 Å². The molecule has 2 aromatic rings. The molecule has 2 N–H and O–H groups in total. The lowest BCUT2D eigenvalue weighted by molar-refractivity contribution is 0.0478. The Morgan fingerprint density at radius 3 is 2.94 bits per heavy atom. The summed E-state index contributed by atoms with van der Waals surface area (Å²) in [5.74, 6) is 0.942. The van der Waals surface area contributed by atoms with Crippen molar-refractivity contribution in [2.75, 3.05) is 33.4 Å². The van der Waals surface area contributed by atoms with Gasteiger partial charge in [0.25, 0.3) is 5.91 Å². The Morgan fingerprint density at radius 2 is 2.16 bits per heavy atom. The van der Waals surface area contributed by atoms with E-state index in [1.807, 2.05) is 25.2 Å². The Bertz CT molecular complexity index is 912. The van der Waals surface area contributed by atoms with E-state index >= 15 is 0 Å². The van der Waals surface area contributed by atoms with Crippen LogP contribution in [-0.2, 0) is 17.6 Å². The molecular weight excluding hydrogens is 395 g/mol. The number of benzene rings is 2. The van der Waals surface area contributed by atoms with E-state index in [0.717, 1.165) is 54.9 Å². The Morgan fingerprint density at radius 1 is 1.26 bits per heavy atom. The highest BCUT2D eigenvalue weighted by Gasteiger charge is 2.22. The second-order valence-electron chi connectivity index (χ2n) is 8.53. The molecule has 2 heterocycles. The first-order chi connectivity index (χ1) is 15.1. The fraction of sp³-hybridized carbons (Fsp3) is 0.480. The molecular formula is C25H31FN2O3. The minimum Gasteiger partial charge on any atom is -0.493 e. The molecule has 31 heavy (non-hydrogen) atoms. The Kier molecular flexibility index (Phi) is 7.20. The Hall–Kier alpha value is -2.44. The standard InChI is InChI=1S/C25H31FN2O3/c1-27-22(12-18-5-3-8-30-16-18)15-28-25(29)20-13-19(23-7-9-31-24(23)14-20)10-17-4-2-6-21(26)11-17/h2,4,6,11,13-14,18,22,27H,3,5,7-10,12,15-16H2,1H3,(H,28,29)/t18-,22+/m1/s1. The third-order valence-electron chi connectivity index (χ3n) is 6.25. The summed E-state index contributed by atoms with van der Waals surface area (Å²) >= 11 is 0. The molecule has 2 aliphatic heterocycles. The van der Waals surface area contributed by atoms with Crippen molar-refractivity contribution in [2.45, 2.75) is 38.1 Å². The lowest BCUT2D eigenvalue weighted by Gasteiger charge is -2.26. The molecule has 2 aromatic carbocycles. The molecule has 1 fully saturated rings. The summed E-state index contributed by atoms with van der Waals surface area (Å²) in [7, 11) is 1.93. The summed E-state index contributed by atoms with van der Waals surface area (Å²) in [6.07, 6.45) is 4.65. The number of fused-ring (bicyclic) bond motifs is 1. The summed E-state index contributed by atoms with van der Waals surface area (Å²) in [5, 5.41) is 6.39. The summed E-state index contributed by atoms with van der Waals surface area (Å²) in [6.45, 7) is 2.83. The van der Waals surface area contributed by atoms with E-state index in [0.29, 0.717) is 31.1 Å². The normalized spacial score (nSPS) is 18.8. The Balaban J connectivity index is 1.43. The second-order valence-corrected chi connectivity index (χ2v) is 8.53. The highest BCUT2D eigenvalue weighted by atomic mass is 19.1. The maximum atomic E-state index is 13.6. The lowest BCUT2D eigenvalue weighted by Crippen LogP contribution is -2.41. The van der Waals surface area contributed by atoms with Crippen LogP contribution in [0.25, 0.3) is 0 Å². The number of rotatable bonds is 8. The van der Waals surface area contributed by atoms with Gasteiger partial charge in [-0.3, -0.25) is 4.79 Å². The van der Waals surface area contributed by atoms with Gasteiger partial charge in [-0.1, -0.05) is 12.1 Å². The average molecular weight is 427 g/mol. The maximum absolute atomic E-state index is 13.6. The zero-order chi connectivity index (χ0) is 21.6. The zero-order valence-electron chi connectivity index (χ0n) is 18.1. The molecule has 0 saturated carbocycles. The second kappa shape index (κ2) is 10.2. The fourth-order valence-corrected chi connectivity index (χ4v) is 4.55. The van der Waals surface area contributed by atoms with E-state index in [2.05, 4.69) is 10.6 Å². The summed E-state index contributed by atoms with van der Waals surface area (Å²) in [6, 6.07) is 10.6. The number of likely N-dealkylation sites (N-methyl/N-ethyl adjacent to an activating group) is 1. The number of hydrogen-bond donors (Lipinski definition) is 2. The third kappa shape index (κ3) is 5.63. The topological polar surface area (TPSA) is 59.6 Å². The molecule has 0 bridgehead atoms. The van der Waals surface area contributed by atoms with Gasteiger partial charge in [-0.2, -0.15) is 0 Å². The molecule has 5 nitrogen and oxygen atoms in total. The molecule has 0 aromatic heterocycles. The quantitative estimate of drug-likeness (QED) is 0.679. The first-order valence-electron chi connectivity index (χ1n) is 11.2. The minimum absolute atomic E-state index is 0.112. The van der Waals surface area contributed by atoms with Crippen LogP contribution < -0.4 is 15.4 Å². The lowest BCUT2D eigenvalue weighted by atomic mass is 9.94. The molecule has 166 valence electrons. The van der Waals surface area contributed by atoms with Crippen LogP contribution in [0, 0.1) is 11.7 Å². The van der Waals surface area contributed by atoms with Crippen molar-refractivity contribution in [3.63, 3.8) is 0 Å². The zero-order valence-corrected chi connectivity index (χ0v) is 18.1. The number of hydrogen-bond acceptors (Lipinski definition) is 4. The van der Waals surface area contributed by atoms with Crippen molar-refractivity contribution in [2.24, 2.45) is 5.92 Å². The maximum Gasteiger partial charge on any atom is 0.251 e. The van der Waals surface area contributed by atoms with Crippen molar-refractivity contribution >= 4 is 5.91 Å². The van der Waals surface area contributed by atoms with E-state index in [9.17, 15) is 9.18 Å². The molecule has 2 aliphatic rings. The number of amides is 1. The molecule has 4 rings (SSSR count). The van der Waals surface area contributed by atoms with Crippen LogP contribution in [0.2, 0.25) is 0 Å². The summed E-state index contributed by atoms with van der Waals surface area (Å²) in [5.41, 5.74) is 3.61. The average Bonchev–Trinajstić information content (AvgIpc) is 3.26. The smallest absolute Gasteiger partial charge is 0.251 e. The third-order valence-corrected chi connectivity index (χ3v) is 6.25. The van der Waals surface area contributed by atoms with Crippen LogP contribution >= 0.6 is 0 Å². The van der Waals surface area contributed by atoms with Gasteiger partial charge in [0.2, 0.25) is 0 Å². The number of carbonyl (C=O) groups excluding carboxylic acids is 1. The minimum atomic E-state index is -0.249. The van der Waals surface area contributed by atoms with Gasteiger partial charge in [0.05, 0.1) is 6.61 Å².